The Morgan fingerprint density at radius 3 is 2.86 bits per heavy atom. The lowest BCUT2D eigenvalue weighted by Crippen LogP contribution is -2.42. The molecule has 0 aliphatic carbocycles. The average molecular weight is 201 g/mol. The Morgan fingerprint density at radius 1 is 1.43 bits per heavy atom. The lowest BCUT2D eigenvalue weighted by atomic mass is 10.0. The largest absolute Gasteiger partial charge is 0.389 e. The van der Waals surface area contributed by atoms with Crippen LogP contribution >= 0.6 is 0 Å². The highest BCUT2D eigenvalue weighted by Crippen LogP contribution is 2.19. The van der Waals surface area contributed by atoms with Crippen LogP contribution in [-0.4, -0.2) is 49.7 Å². The van der Waals surface area contributed by atoms with Crippen LogP contribution in [0.5, 0.6) is 0 Å². The predicted octanol–water partition coefficient (Wildman–Crippen LogP) is -0.239. The van der Waals surface area contributed by atoms with Gasteiger partial charge in [-0.2, -0.15) is 0 Å². The normalized spacial score (nSPS) is 43.3. The summed E-state index contributed by atoms with van der Waals surface area (Å²) in [6.07, 6.45) is 1.13. The third kappa shape index (κ3) is 2.25. The summed E-state index contributed by atoms with van der Waals surface area (Å²) in [5, 5.41) is 12.9. The smallest absolute Gasteiger partial charge is 0.0948 e. The summed E-state index contributed by atoms with van der Waals surface area (Å²) in [5.41, 5.74) is 0. The first-order chi connectivity index (χ1) is 6.77. The first kappa shape index (κ1) is 10.4. The van der Waals surface area contributed by atoms with E-state index in [1.165, 1.54) is 0 Å². The minimum atomic E-state index is -0.340. The number of rotatable bonds is 3. The van der Waals surface area contributed by atoms with E-state index in [2.05, 4.69) is 12.2 Å². The Balaban J connectivity index is 1.71. The van der Waals surface area contributed by atoms with E-state index in [-0.39, 0.29) is 12.1 Å². The minimum absolute atomic E-state index is 0.114. The zero-order valence-corrected chi connectivity index (χ0v) is 8.61. The van der Waals surface area contributed by atoms with Gasteiger partial charge in [0.15, 0.2) is 0 Å². The highest BCUT2D eigenvalue weighted by molar-refractivity contribution is 4.83. The summed E-state index contributed by atoms with van der Waals surface area (Å²) in [7, 11) is 0. The van der Waals surface area contributed by atoms with Gasteiger partial charge in [-0.1, -0.05) is 0 Å². The molecular weight excluding hydrogens is 182 g/mol. The first-order valence-electron chi connectivity index (χ1n) is 5.38. The first-order valence-corrected chi connectivity index (χ1v) is 5.38. The maximum Gasteiger partial charge on any atom is 0.0948 e. The van der Waals surface area contributed by atoms with Crippen LogP contribution in [0.2, 0.25) is 0 Å². The number of aliphatic hydroxyl groups is 1. The van der Waals surface area contributed by atoms with Gasteiger partial charge < -0.3 is 19.9 Å². The summed E-state index contributed by atoms with van der Waals surface area (Å²) in [4.78, 5) is 0. The Kier molecular flexibility index (Phi) is 3.38. The third-order valence-corrected chi connectivity index (χ3v) is 3.23. The third-order valence-electron chi connectivity index (χ3n) is 3.23. The van der Waals surface area contributed by atoms with Gasteiger partial charge in [0, 0.05) is 13.2 Å². The van der Waals surface area contributed by atoms with E-state index in [4.69, 9.17) is 9.47 Å². The van der Waals surface area contributed by atoms with Crippen LogP contribution in [-0.2, 0) is 9.47 Å². The second kappa shape index (κ2) is 4.57. The molecule has 0 aromatic heterocycles. The molecule has 82 valence electrons. The molecule has 2 rings (SSSR count). The Bertz CT molecular complexity index is 168. The molecule has 14 heavy (non-hydrogen) atoms. The number of hydrogen-bond acceptors (Lipinski definition) is 4. The molecule has 0 amide bonds. The van der Waals surface area contributed by atoms with Crippen molar-refractivity contribution in [1.29, 1.82) is 0 Å². The molecule has 0 spiro atoms. The standard InChI is InChI=1S/C10H19NO3/c1-7-8(2-3-14-7)4-11-9-5-13-6-10(9)12/h7-12H,2-6H2,1H3. The molecule has 4 nitrogen and oxygen atoms in total. The van der Waals surface area contributed by atoms with Gasteiger partial charge >= 0.3 is 0 Å². The molecule has 4 atom stereocenters. The van der Waals surface area contributed by atoms with E-state index < -0.39 is 0 Å². The van der Waals surface area contributed by atoms with Gasteiger partial charge in [0.05, 0.1) is 31.5 Å². The van der Waals surface area contributed by atoms with Crippen molar-refractivity contribution < 1.29 is 14.6 Å². The monoisotopic (exact) mass is 201 g/mol. The molecule has 0 radical (unpaired) electrons. The maximum atomic E-state index is 9.51. The lowest BCUT2D eigenvalue weighted by molar-refractivity contribution is 0.101. The van der Waals surface area contributed by atoms with Crippen LogP contribution in [0.3, 0.4) is 0 Å². The van der Waals surface area contributed by atoms with Crippen LogP contribution in [0, 0.1) is 5.92 Å². The van der Waals surface area contributed by atoms with Crippen molar-refractivity contribution in [3.8, 4) is 0 Å². The topological polar surface area (TPSA) is 50.7 Å². The minimum Gasteiger partial charge on any atom is -0.389 e. The fourth-order valence-electron chi connectivity index (χ4n) is 2.08. The lowest BCUT2D eigenvalue weighted by Gasteiger charge is -2.19. The molecule has 2 aliphatic heterocycles. The second-order valence-corrected chi connectivity index (χ2v) is 4.24. The summed E-state index contributed by atoms with van der Waals surface area (Å²) in [6.45, 7) is 5.00. The molecule has 2 N–H and O–H groups in total. The van der Waals surface area contributed by atoms with Gasteiger partial charge in [-0.25, -0.2) is 0 Å². The Morgan fingerprint density at radius 2 is 2.29 bits per heavy atom. The molecular formula is C10H19NO3. The van der Waals surface area contributed by atoms with E-state index in [1.54, 1.807) is 0 Å². The quantitative estimate of drug-likeness (QED) is 0.662. The number of aliphatic hydroxyl groups excluding tert-OH is 1. The van der Waals surface area contributed by atoms with Gasteiger partial charge in [0.2, 0.25) is 0 Å². The molecule has 0 aromatic carbocycles. The van der Waals surface area contributed by atoms with Gasteiger partial charge in [-0.3, -0.25) is 0 Å². The van der Waals surface area contributed by atoms with E-state index in [1.807, 2.05) is 0 Å². The number of nitrogens with one attached hydrogen (secondary N) is 1. The Hall–Kier alpha value is -0.160. The van der Waals surface area contributed by atoms with Crippen LogP contribution in [0.25, 0.3) is 0 Å². The van der Waals surface area contributed by atoms with Crippen molar-refractivity contribution in [2.24, 2.45) is 5.92 Å². The molecule has 2 aliphatic rings. The Labute approximate surface area is 84.6 Å². The van der Waals surface area contributed by atoms with Gasteiger partial charge in [-0.05, 0) is 19.3 Å². The van der Waals surface area contributed by atoms with E-state index in [9.17, 15) is 5.11 Å². The zero-order chi connectivity index (χ0) is 9.97. The molecule has 4 heteroatoms. The SMILES string of the molecule is CC1OCCC1CNC1COCC1O. The van der Waals surface area contributed by atoms with Crippen LogP contribution < -0.4 is 5.32 Å². The molecule has 0 aromatic rings. The molecule has 0 saturated carbocycles. The van der Waals surface area contributed by atoms with Crippen molar-refractivity contribution in [3.63, 3.8) is 0 Å². The van der Waals surface area contributed by atoms with E-state index in [0.717, 1.165) is 19.6 Å². The summed E-state index contributed by atoms with van der Waals surface area (Å²) < 4.78 is 10.6. The molecule has 2 heterocycles. The number of ether oxygens (including phenoxy) is 2. The molecule has 2 saturated heterocycles. The van der Waals surface area contributed by atoms with Crippen LogP contribution in [0.4, 0.5) is 0 Å². The average Bonchev–Trinajstić information content (AvgIpc) is 2.72. The summed E-state index contributed by atoms with van der Waals surface area (Å²) in [5.74, 6) is 0.586. The highest BCUT2D eigenvalue weighted by Gasteiger charge is 2.29. The van der Waals surface area contributed by atoms with Crippen molar-refractivity contribution in [2.45, 2.75) is 31.6 Å². The molecule has 2 fully saturated rings. The number of hydrogen-bond donors (Lipinski definition) is 2. The molecule has 4 unspecified atom stereocenters. The molecule has 0 bridgehead atoms. The summed E-state index contributed by atoms with van der Waals surface area (Å²) >= 11 is 0. The van der Waals surface area contributed by atoms with Gasteiger partial charge in [0.25, 0.3) is 0 Å². The van der Waals surface area contributed by atoms with Crippen LogP contribution in [0.15, 0.2) is 0 Å². The fourth-order valence-corrected chi connectivity index (χ4v) is 2.08. The van der Waals surface area contributed by atoms with Crippen molar-refractivity contribution in [1.82, 2.24) is 5.32 Å². The van der Waals surface area contributed by atoms with Crippen LogP contribution in [0.1, 0.15) is 13.3 Å². The summed E-state index contributed by atoms with van der Waals surface area (Å²) in [6, 6.07) is 0.114. The van der Waals surface area contributed by atoms with Crippen molar-refractivity contribution in [2.75, 3.05) is 26.4 Å². The highest BCUT2D eigenvalue weighted by atomic mass is 16.5. The van der Waals surface area contributed by atoms with Gasteiger partial charge in [0.1, 0.15) is 0 Å². The van der Waals surface area contributed by atoms with E-state index in [0.29, 0.717) is 25.2 Å². The zero-order valence-electron chi connectivity index (χ0n) is 8.61. The van der Waals surface area contributed by atoms with Gasteiger partial charge in [-0.15, -0.1) is 0 Å². The second-order valence-electron chi connectivity index (χ2n) is 4.24. The van der Waals surface area contributed by atoms with Crippen molar-refractivity contribution >= 4 is 0 Å². The fraction of sp³-hybridized carbons (Fsp3) is 1.00. The predicted molar refractivity (Wildman–Crippen MR) is 52.1 cm³/mol. The maximum absolute atomic E-state index is 9.51. The van der Waals surface area contributed by atoms with E-state index >= 15 is 0 Å². The van der Waals surface area contributed by atoms with Crippen molar-refractivity contribution in [3.05, 3.63) is 0 Å².